The van der Waals surface area contributed by atoms with Crippen molar-refractivity contribution in [1.82, 2.24) is 14.9 Å². The van der Waals surface area contributed by atoms with Crippen LogP contribution in [-0.4, -0.2) is 21.5 Å². The van der Waals surface area contributed by atoms with E-state index in [1.165, 1.54) is 16.5 Å². The maximum absolute atomic E-state index is 12.5. The SMILES string of the molecule is C[C@@H](CCc1ccccc1)NC(=O)Cn1cnc2ccc(Br)cc2c1=O. The van der Waals surface area contributed by atoms with E-state index in [0.29, 0.717) is 10.9 Å². The fourth-order valence-electron chi connectivity index (χ4n) is 2.82. The van der Waals surface area contributed by atoms with Gasteiger partial charge in [0, 0.05) is 10.5 Å². The predicted molar refractivity (Wildman–Crippen MR) is 106 cm³/mol. The highest BCUT2D eigenvalue weighted by Crippen LogP contribution is 2.14. The summed E-state index contributed by atoms with van der Waals surface area (Å²) in [6, 6.07) is 15.5. The lowest BCUT2D eigenvalue weighted by atomic mass is 10.1. The third-order valence-electron chi connectivity index (χ3n) is 4.22. The molecule has 134 valence electrons. The van der Waals surface area contributed by atoms with E-state index in [1.54, 1.807) is 12.1 Å². The van der Waals surface area contributed by atoms with Crippen LogP contribution >= 0.6 is 15.9 Å². The van der Waals surface area contributed by atoms with E-state index >= 15 is 0 Å². The fraction of sp³-hybridized carbons (Fsp3) is 0.250. The average Bonchev–Trinajstić information content (AvgIpc) is 2.63. The summed E-state index contributed by atoms with van der Waals surface area (Å²) >= 11 is 3.36. The van der Waals surface area contributed by atoms with Crippen LogP contribution in [-0.2, 0) is 17.8 Å². The lowest BCUT2D eigenvalue weighted by Gasteiger charge is -2.14. The molecule has 0 aliphatic carbocycles. The molecule has 1 amide bonds. The number of nitrogens with one attached hydrogen (secondary N) is 1. The summed E-state index contributed by atoms with van der Waals surface area (Å²) in [5, 5.41) is 3.44. The molecular weight excluding hydrogens is 394 g/mol. The molecule has 0 fully saturated rings. The summed E-state index contributed by atoms with van der Waals surface area (Å²) < 4.78 is 2.15. The maximum atomic E-state index is 12.5. The molecule has 3 aromatic rings. The van der Waals surface area contributed by atoms with E-state index in [1.807, 2.05) is 31.2 Å². The molecule has 2 aromatic carbocycles. The van der Waals surface area contributed by atoms with Gasteiger partial charge in [-0.1, -0.05) is 46.3 Å². The van der Waals surface area contributed by atoms with Gasteiger partial charge in [0.15, 0.2) is 0 Å². The zero-order valence-electron chi connectivity index (χ0n) is 14.5. The van der Waals surface area contributed by atoms with Crippen LogP contribution in [0.4, 0.5) is 0 Å². The first-order chi connectivity index (χ1) is 12.5. The third-order valence-corrected chi connectivity index (χ3v) is 4.71. The topological polar surface area (TPSA) is 64.0 Å². The number of carbonyl (C=O) groups excluding carboxylic acids is 1. The number of hydrogen-bond acceptors (Lipinski definition) is 3. The number of carbonyl (C=O) groups is 1. The second kappa shape index (κ2) is 8.27. The second-order valence-corrected chi connectivity index (χ2v) is 7.25. The van der Waals surface area contributed by atoms with Crippen molar-refractivity contribution in [1.29, 1.82) is 0 Å². The monoisotopic (exact) mass is 413 g/mol. The maximum Gasteiger partial charge on any atom is 0.261 e. The quantitative estimate of drug-likeness (QED) is 0.673. The largest absolute Gasteiger partial charge is 0.352 e. The Bertz CT molecular complexity index is 970. The molecule has 1 atom stereocenters. The average molecular weight is 414 g/mol. The van der Waals surface area contributed by atoms with Crippen LogP contribution in [0.1, 0.15) is 18.9 Å². The molecule has 0 aliphatic rings. The number of rotatable bonds is 6. The Morgan fingerprint density at radius 1 is 1.23 bits per heavy atom. The minimum absolute atomic E-state index is 0.0287. The first-order valence-electron chi connectivity index (χ1n) is 8.51. The van der Waals surface area contributed by atoms with Crippen molar-refractivity contribution in [2.75, 3.05) is 0 Å². The van der Waals surface area contributed by atoms with Crippen molar-refractivity contribution in [3.63, 3.8) is 0 Å². The van der Waals surface area contributed by atoms with Gasteiger partial charge >= 0.3 is 0 Å². The molecule has 0 bridgehead atoms. The number of hydrogen-bond donors (Lipinski definition) is 1. The van der Waals surface area contributed by atoms with Gasteiger partial charge in [0.05, 0.1) is 17.2 Å². The van der Waals surface area contributed by atoms with Crippen molar-refractivity contribution in [2.24, 2.45) is 0 Å². The van der Waals surface area contributed by atoms with Gasteiger partial charge in [-0.15, -0.1) is 0 Å². The Morgan fingerprint density at radius 3 is 2.77 bits per heavy atom. The van der Waals surface area contributed by atoms with Crippen LogP contribution in [0.5, 0.6) is 0 Å². The zero-order chi connectivity index (χ0) is 18.5. The number of benzene rings is 2. The molecule has 1 aromatic heterocycles. The fourth-order valence-corrected chi connectivity index (χ4v) is 3.18. The first kappa shape index (κ1) is 18.3. The van der Waals surface area contributed by atoms with Crippen LogP contribution in [0.25, 0.3) is 10.9 Å². The number of aromatic nitrogens is 2. The summed E-state index contributed by atoms with van der Waals surface area (Å²) in [6.45, 7) is 1.93. The van der Waals surface area contributed by atoms with Gasteiger partial charge in [-0.2, -0.15) is 0 Å². The van der Waals surface area contributed by atoms with Crippen LogP contribution in [0.15, 0.2) is 64.1 Å². The molecule has 0 saturated carbocycles. The lowest BCUT2D eigenvalue weighted by molar-refractivity contribution is -0.122. The minimum Gasteiger partial charge on any atom is -0.352 e. The molecule has 5 nitrogen and oxygen atoms in total. The predicted octanol–water partition coefficient (Wildman–Crippen LogP) is 3.30. The first-order valence-corrected chi connectivity index (χ1v) is 9.30. The highest BCUT2D eigenvalue weighted by atomic mass is 79.9. The van der Waals surface area contributed by atoms with Crippen molar-refractivity contribution in [3.8, 4) is 0 Å². The van der Waals surface area contributed by atoms with Crippen molar-refractivity contribution in [2.45, 2.75) is 32.4 Å². The number of amides is 1. The number of aryl methyl sites for hydroxylation is 1. The molecule has 0 radical (unpaired) electrons. The van der Waals surface area contributed by atoms with Gasteiger partial charge in [-0.3, -0.25) is 14.2 Å². The van der Waals surface area contributed by atoms with Crippen molar-refractivity contribution < 1.29 is 4.79 Å². The molecule has 0 saturated heterocycles. The summed E-state index contributed by atoms with van der Waals surface area (Å²) in [4.78, 5) is 29.1. The smallest absolute Gasteiger partial charge is 0.261 e. The van der Waals surface area contributed by atoms with Crippen LogP contribution in [0.3, 0.4) is 0 Å². The highest BCUT2D eigenvalue weighted by Gasteiger charge is 2.11. The Kier molecular flexibility index (Phi) is 5.83. The van der Waals surface area contributed by atoms with Crippen LogP contribution < -0.4 is 10.9 Å². The van der Waals surface area contributed by atoms with Crippen LogP contribution in [0.2, 0.25) is 0 Å². The van der Waals surface area contributed by atoms with Crippen molar-refractivity contribution >= 4 is 32.7 Å². The number of fused-ring (bicyclic) bond motifs is 1. The number of nitrogens with zero attached hydrogens (tertiary/aromatic N) is 2. The van der Waals surface area contributed by atoms with Crippen LogP contribution in [0, 0.1) is 0 Å². The van der Waals surface area contributed by atoms with E-state index in [4.69, 9.17) is 0 Å². The molecule has 1 heterocycles. The van der Waals surface area contributed by atoms with Gasteiger partial charge in [0.2, 0.25) is 5.91 Å². The van der Waals surface area contributed by atoms with E-state index in [-0.39, 0.29) is 24.1 Å². The van der Waals surface area contributed by atoms with E-state index in [9.17, 15) is 9.59 Å². The molecule has 1 N–H and O–H groups in total. The molecule has 6 heteroatoms. The minimum atomic E-state index is -0.219. The Morgan fingerprint density at radius 2 is 2.00 bits per heavy atom. The Hall–Kier alpha value is -2.47. The van der Waals surface area contributed by atoms with Gasteiger partial charge < -0.3 is 5.32 Å². The van der Waals surface area contributed by atoms with Gasteiger partial charge in [-0.05, 0) is 43.5 Å². The molecular formula is C20H20BrN3O2. The Balaban J connectivity index is 1.62. The highest BCUT2D eigenvalue weighted by molar-refractivity contribution is 9.10. The van der Waals surface area contributed by atoms with Crippen molar-refractivity contribution in [3.05, 3.63) is 75.2 Å². The summed E-state index contributed by atoms with van der Waals surface area (Å²) in [5.41, 5.74) is 1.64. The molecule has 0 unspecified atom stereocenters. The van der Waals surface area contributed by atoms with E-state index in [2.05, 4.69) is 38.4 Å². The summed E-state index contributed by atoms with van der Waals surface area (Å²) in [7, 11) is 0. The third kappa shape index (κ3) is 4.58. The molecule has 26 heavy (non-hydrogen) atoms. The Labute approximate surface area is 160 Å². The van der Waals surface area contributed by atoms with Gasteiger partial charge in [0.1, 0.15) is 6.54 Å². The summed E-state index contributed by atoms with van der Waals surface area (Å²) in [5.74, 6) is -0.191. The lowest BCUT2D eigenvalue weighted by Crippen LogP contribution is -2.37. The molecule has 0 spiro atoms. The summed E-state index contributed by atoms with van der Waals surface area (Å²) in [6.07, 6.45) is 3.16. The molecule has 3 rings (SSSR count). The second-order valence-electron chi connectivity index (χ2n) is 6.33. The van der Waals surface area contributed by atoms with Gasteiger partial charge in [-0.25, -0.2) is 4.98 Å². The molecule has 0 aliphatic heterocycles. The normalized spacial score (nSPS) is 12.1. The van der Waals surface area contributed by atoms with E-state index in [0.717, 1.165) is 17.3 Å². The van der Waals surface area contributed by atoms with Gasteiger partial charge in [0.25, 0.3) is 5.56 Å². The standard InChI is InChI=1S/C20H20BrN3O2/c1-14(7-8-15-5-3-2-4-6-15)23-19(25)12-24-13-22-18-10-9-16(21)11-17(18)20(24)26/h2-6,9-11,13-14H,7-8,12H2,1H3,(H,23,25)/t14-/m0/s1. The number of halogens is 1. The zero-order valence-corrected chi connectivity index (χ0v) is 16.1. The van der Waals surface area contributed by atoms with E-state index < -0.39 is 0 Å².